The number of hydrogen-bond acceptors (Lipinski definition) is 3. The summed E-state index contributed by atoms with van der Waals surface area (Å²) < 4.78 is 11.8. The molecule has 1 aliphatic heterocycles. The average molecular weight is 369 g/mol. The van der Waals surface area contributed by atoms with Crippen molar-refractivity contribution in [2.24, 2.45) is 28.1 Å². The van der Waals surface area contributed by atoms with Crippen LogP contribution < -0.4 is 0 Å². The SMILES string of the molecule is C=CC#CC1(O)CCC2C3CCC45COCCOCC[C@@]4(C5)C3=CCC21C. The maximum absolute atomic E-state index is 11.4. The van der Waals surface area contributed by atoms with Crippen molar-refractivity contribution >= 4 is 0 Å². The molecule has 3 heteroatoms. The first-order chi connectivity index (χ1) is 13.0. The Bertz CT molecular complexity index is 744. The van der Waals surface area contributed by atoms with Crippen LogP contribution in [-0.2, 0) is 9.47 Å². The first-order valence-corrected chi connectivity index (χ1v) is 10.7. The first-order valence-electron chi connectivity index (χ1n) is 10.7. The molecular weight excluding hydrogens is 336 g/mol. The third-order valence-electron chi connectivity index (χ3n) is 9.03. The van der Waals surface area contributed by atoms with Gasteiger partial charge in [-0.2, -0.15) is 0 Å². The lowest BCUT2D eigenvalue weighted by Gasteiger charge is -2.51. The van der Waals surface area contributed by atoms with E-state index in [4.69, 9.17) is 9.47 Å². The molecule has 0 aromatic carbocycles. The van der Waals surface area contributed by atoms with Gasteiger partial charge in [-0.3, -0.25) is 0 Å². The highest BCUT2D eigenvalue weighted by Gasteiger charge is 2.73. The Balaban J connectivity index is 1.50. The standard InChI is InChI=1S/C24H32O3/c1-3-4-8-24(25)11-7-19-18-5-10-22-16-23(22,12-13-26-14-15-27-17-22)20(18)6-9-21(19,24)2/h3,6,18-19,25H,1,5,7,9-17H2,2H3/t18?,19?,21?,22?,23-,24?/m1/s1. The van der Waals surface area contributed by atoms with Crippen molar-refractivity contribution in [2.75, 3.05) is 26.4 Å². The van der Waals surface area contributed by atoms with Crippen LogP contribution in [-0.4, -0.2) is 37.1 Å². The molecular formula is C24H32O3. The molecule has 4 aliphatic carbocycles. The van der Waals surface area contributed by atoms with Crippen molar-refractivity contribution in [3.05, 3.63) is 24.3 Å². The number of aliphatic hydroxyl groups is 1. The second-order valence-electron chi connectivity index (χ2n) is 9.86. The van der Waals surface area contributed by atoms with Crippen LogP contribution in [0.2, 0.25) is 0 Å². The van der Waals surface area contributed by atoms with Gasteiger partial charge in [-0.25, -0.2) is 0 Å². The number of rotatable bonds is 0. The van der Waals surface area contributed by atoms with Gasteiger partial charge in [0.1, 0.15) is 5.60 Å². The fourth-order valence-corrected chi connectivity index (χ4v) is 7.41. The van der Waals surface area contributed by atoms with E-state index in [1.165, 1.54) is 19.3 Å². The fraction of sp³-hybridized carbons (Fsp3) is 0.750. The van der Waals surface area contributed by atoms with E-state index in [0.29, 0.717) is 22.7 Å². The maximum Gasteiger partial charge on any atom is 0.131 e. The lowest BCUT2D eigenvalue weighted by atomic mass is 9.54. The number of hydrogen-bond donors (Lipinski definition) is 1. The van der Waals surface area contributed by atoms with E-state index in [1.54, 1.807) is 11.6 Å². The molecule has 0 aromatic heterocycles. The smallest absolute Gasteiger partial charge is 0.131 e. The largest absolute Gasteiger partial charge is 0.379 e. The summed E-state index contributed by atoms with van der Waals surface area (Å²) in [6.45, 7) is 9.19. The first kappa shape index (κ1) is 18.0. The molecule has 5 aliphatic rings. The van der Waals surface area contributed by atoms with Gasteiger partial charge in [0.15, 0.2) is 0 Å². The molecule has 27 heavy (non-hydrogen) atoms. The third-order valence-corrected chi connectivity index (χ3v) is 9.03. The van der Waals surface area contributed by atoms with E-state index in [1.807, 2.05) is 0 Å². The van der Waals surface area contributed by atoms with Crippen LogP contribution in [0.15, 0.2) is 24.3 Å². The van der Waals surface area contributed by atoms with Crippen LogP contribution >= 0.6 is 0 Å². The predicted molar refractivity (Wildman–Crippen MR) is 105 cm³/mol. The summed E-state index contributed by atoms with van der Waals surface area (Å²) in [5, 5.41) is 11.4. The zero-order valence-electron chi connectivity index (χ0n) is 16.6. The molecule has 5 unspecified atom stereocenters. The summed E-state index contributed by atoms with van der Waals surface area (Å²) in [7, 11) is 0. The van der Waals surface area contributed by atoms with Crippen LogP contribution in [0.4, 0.5) is 0 Å². The molecule has 0 bridgehead atoms. The van der Waals surface area contributed by atoms with Gasteiger partial charge < -0.3 is 14.6 Å². The topological polar surface area (TPSA) is 38.7 Å². The van der Waals surface area contributed by atoms with Crippen molar-refractivity contribution in [1.29, 1.82) is 0 Å². The molecule has 1 saturated heterocycles. The van der Waals surface area contributed by atoms with Crippen molar-refractivity contribution in [1.82, 2.24) is 0 Å². The molecule has 0 aromatic rings. The van der Waals surface area contributed by atoms with Gasteiger partial charge in [-0.05, 0) is 62.9 Å². The molecule has 0 amide bonds. The van der Waals surface area contributed by atoms with E-state index >= 15 is 0 Å². The van der Waals surface area contributed by atoms with Gasteiger partial charge in [0.25, 0.3) is 0 Å². The van der Waals surface area contributed by atoms with E-state index < -0.39 is 5.60 Å². The Morgan fingerprint density at radius 2 is 2.04 bits per heavy atom. The highest BCUT2D eigenvalue weighted by Crippen LogP contribution is 2.79. The number of ether oxygens (including phenoxy) is 2. The molecule has 0 spiro atoms. The van der Waals surface area contributed by atoms with E-state index in [-0.39, 0.29) is 5.41 Å². The molecule has 0 radical (unpaired) electrons. The second kappa shape index (κ2) is 5.96. The normalized spacial score (nSPS) is 50.8. The number of fused-ring (bicyclic) bond motifs is 3. The third kappa shape index (κ3) is 2.27. The highest BCUT2D eigenvalue weighted by atomic mass is 16.5. The summed E-state index contributed by atoms with van der Waals surface area (Å²) >= 11 is 0. The fourth-order valence-electron chi connectivity index (χ4n) is 7.41. The van der Waals surface area contributed by atoms with Crippen molar-refractivity contribution in [3.8, 4) is 11.8 Å². The molecule has 1 N–H and O–H groups in total. The summed E-state index contributed by atoms with van der Waals surface area (Å²) in [5.74, 6) is 7.24. The monoisotopic (exact) mass is 368 g/mol. The summed E-state index contributed by atoms with van der Waals surface area (Å²) in [6.07, 6.45) is 11.8. The zero-order chi connectivity index (χ0) is 18.8. The Hall–Kier alpha value is -1.08. The summed E-state index contributed by atoms with van der Waals surface area (Å²) in [4.78, 5) is 0. The van der Waals surface area contributed by atoms with Crippen molar-refractivity contribution in [3.63, 3.8) is 0 Å². The van der Waals surface area contributed by atoms with Crippen LogP contribution in [0, 0.1) is 39.9 Å². The Labute approximate surface area is 163 Å². The van der Waals surface area contributed by atoms with Crippen LogP contribution in [0.3, 0.4) is 0 Å². The van der Waals surface area contributed by atoms with Gasteiger partial charge in [-0.15, -0.1) is 0 Å². The van der Waals surface area contributed by atoms with E-state index in [0.717, 1.165) is 52.1 Å². The minimum atomic E-state index is -0.881. The molecule has 6 atom stereocenters. The zero-order valence-corrected chi connectivity index (χ0v) is 16.6. The maximum atomic E-state index is 11.4. The van der Waals surface area contributed by atoms with E-state index in [9.17, 15) is 5.11 Å². The van der Waals surface area contributed by atoms with Crippen LogP contribution in [0.5, 0.6) is 0 Å². The summed E-state index contributed by atoms with van der Waals surface area (Å²) in [6, 6.07) is 0. The van der Waals surface area contributed by atoms with Gasteiger partial charge >= 0.3 is 0 Å². The lowest BCUT2D eigenvalue weighted by Crippen LogP contribution is -2.49. The number of allylic oxidation sites excluding steroid dienone is 3. The summed E-state index contributed by atoms with van der Waals surface area (Å²) in [5.41, 5.74) is 1.32. The lowest BCUT2D eigenvalue weighted by molar-refractivity contribution is -0.0410. The molecule has 3 saturated carbocycles. The molecule has 3 nitrogen and oxygen atoms in total. The van der Waals surface area contributed by atoms with E-state index in [2.05, 4.69) is 31.4 Å². The van der Waals surface area contributed by atoms with Crippen molar-refractivity contribution in [2.45, 2.75) is 57.5 Å². The Kier molecular flexibility index (Phi) is 3.97. The van der Waals surface area contributed by atoms with Gasteiger partial charge in [0, 0.05) is 22.9 Å². The molecule has 1 heterocycles. The Morgan fingerprint density at radius 1 is 1.19 bits per heavy atom. The molecule has 146 valence electrons. The van der Waals surface area contributed by atoms with Crippen LogP contribution in [0.25, 0.3) is 0 Å². The molecule has 4 fully saturated rings. The minimum absolute atomic E-state index is 0.145. The van der Waals surface area contributed by atoms with Crippen molar-refractivity contribution < 1.29 is 14.6 Å². The predicted octanol–water partition coefficient (Wildman–Crippen LogP) is 3.88. The van der Waals surface area contributed by atoms with Gasteiger partial charge in [-0.1, -0.05) is 37.0 Å². The Morgan fingerprint density at radius 3 is 2.89 bits per heavy atom. The minimum Gasteiger partial charge on any atom is -0.379 e. The van der Waals surface area contributed by atoms with Gasteiger partial charge in [0.2, 0.25) is 0 Å². The highest BCUT2D eigenvalue weighted by molar-refractivity contribution is 5.41. The van der Waals surface area contributed by atoms with Gasteiger partial charge in [0.05, 0.1) is 19.8 Å². The second-order valence-corrected chi connectivity index (χ2v) is 9.86. The quantitative estimate of drug-likeness (QED) is 0.521. The van der Waals surface area contributed by atoms with Crippen LogP contribution in [0.1, 0.15) is 51.9 Å². The molecule has 5 rings (SSSR count). The average Bonchev–Trinajstić information content (AvgIpc) is 3.22.